The van der Waals surface area contributed by atoms with Crippen LogP contribution in [0.3, 0.4) is 0 Å². The molecule has 1 heterocycles. The lowest BCUT2D eigenvalue weighted by Gasteiger charge is -2.16. The molecular weight excluding hydrogens is 346 g/mol. The molecule has 2 aromatic rings. The molecule has 0 unspecified atom stereocenters. The van der Waals surface area contributed by atoms with E-state index in [1.165, 1.54) is 18.2 Å². The third-order valence-electron chi connectivity index (χ3n) is 4.31. The maximum absolute atomic E-state index is 12.7. The van der Waals surface area contributed by atoms with Gasteiger partial charge in [-0.1, -0.05) is 39.0 Å². The minimum Gasteiger partial charge on any atom is -0.454 e. The van der Waals surface area contributed by atoms with Crippen LogP contribution in [0.15, 0.2) is 48.5 Å². The quantitative estimate of drug-likeness (QED) is 0.614. The lowest BCUT2D eigenvalue weighted by molar-refractivity contribution is -0.129. The summed E-state index contributed by atoms with van der Waals surface area (Å²) in [5.41, 5.74) is 0.332. The predicted octanol–water partition coefficient (Wildman–Crippen LogP) is 3.26. The van der Waals surface area contributed by atoms with Gasteiger partial charge in [0, 0.05) is 5.41 Å². The van der Waals surface area contributed by atoms with E-state index >= 15 is 0 Å². The summed E-state index contributed by atoms with van der Waals surface area (Å²) in [4.78, 5) is 50.4. The highest BCUT2D eigenvalue weighted by Crippen LogP contribution is 2.29. The number of fused-ring (bicyclic) bond motifs is 1. The molecule has 0 aromatic heterocycles. The molecule has 0 atom stereocenters. The van der Waals surface area contributed by atoms with Gasteiger partial charge in [0.25, 0.3) is 11.8 Å². The first kappa shape index (κ1) is 18.5. The first-order valence-corrected chi connectivity index (χ1v) is 8.48. The SMILES string of the molecule is CC(C)(C)C(=O)COC(=O)c1ccc2c(c1)C(=O)N(c1ccccc1)C2=O. The van der Waals surface area contributed by atoms with Gasteiger partial charge in [-0.25, -0.2) is 9.69 Å². The minimum atomic E-state index is -0.714. The molecule has 0 fully saturated rings. The first-order chi connectivity index (χ1) is 12.7. The van der Waals surface area contributed by atoms with Gasteiger partial charge in [-0.3, -0.25) is 14.4 Å². The molecule has 2 amide bonds. The van der Waals surface area contributed by atoms with Crippen molar-refractivity contribution in [2.75, 3.05) is 11.5 Å². The molecule has 0 saturated carbocycles. The normalized spacial score (nSPS) is 13.5. The Bertz CT molecular complexity index is 941. The highest BCUT2D eigenvalue weighted by Gasteiger charge is 2.37. The molecule has 1 aliphatic rings. The highest BCUT2D eigenvalue weighted by molar-refractivity contribution is 6.34. The average molecular weight is 365 g/mol. The second kappa shape index (κ2) is 6.79. The monoisotopic (exact) mass is 365 g/mol. The van der Waals surface area contributed by atoms with Gasteiger partial charge in [0.2, 0.25) is 0 Å². The Balaban J connectivity index is 1.82. The number of esters is 1. The number of anilines is 1. The van der Waals surface area contributed by atoms with Gasteiger partial charge in [0.05, 0.1) is 22.4 Å². The van der Waals surface area contributed by atoms with Crippen LogP contribution in [0.4, 0.5) is 5.69 Å². The van der Waals surface area contributed by atoms with Gasteiger partial charge in [0.15, 0.2) is 12.4 Å². The molecule has 0 N–H and O–H groups in total. The van der Waals surface area contributed by atoms with Crippen LogP contribution in [0.5, 0.6) is 0 Å². The number of benzene rings is 2. The maximum atomic E-state index is 12.7. The van der Waals surface area contributed by atoms with Crippen molar-refractivity contribution in [1.82, 2.24) is 0 Å². The summed E-state index contributed by atoms with van der Waals surface area (Å²) >= 11 is 0. The summed E-state index contributed by atoms with van der Waals surface area (Å²) in [7, 11) is 0. The van der Waals surface area contributed by atoms with Gasteiger partial charge in [0.1, 0.15) is 0 Å². The molecular formula is C21H19NO5. The van der Waals surface area contributed by atoms with Gasteiger partial charge in [-0.2, -0.15) is 0 Å². The lowest BCUT2D eigenvalue weighted by atomic mass is 9.91. The van der Waals surface area contributed by atoms with Crippen molar-refractivity contribution < 1.29 is 23.9 Å². The number of hydrogen-bond acceptors (Lipinski definition) is 5. The molecule has 27 heavy (non-hydrogen) atoms. The Morgan fingerprint density at radius 1 is 0.926 bits per heavy atom. The molecule has 0 aliphatic carbocycles. The van der Waals surface area contributed by atoms with Crippen LogP contribution >= 0.6 is 0 Å². The van der Waals surface area contributed by atoms with Gasteiger partial charge in [-0.05, 0) is 30.3 Å². The molecule has 2 aromatic carbocycles. The molecule has 1 aliphatic heterocycles. The second-order valence-corrected chi connectivity index (χ2v) is 7.29. The Morgan fingerprint density at radius 2 is 1.56 bits per heavy atom. The van der Waals surface area contributed by atoms with Crippen LogP contribution in [0.25, 0.3) is 0 Å². The van der Waals surface area contributed by atoms with E-state index in [0.717, 1.165) is 4.90 Å². The van der Waals surface area contributed by atoms with Crippen molar-refractivity contribution in [3.8, 4) is 0 Å². The number of para-hydroxylation sites is 1. The molecule has 138 valence electrons. The van der Waals surface area contributed by atoms with Crippen molar-refractivity contribution >= 4 is 29.3 Å². The average Bonchev–Trinajstić information content (AvgIpc) is 2.89. The van der Waals surface area contributed by atoms with Crippen LogP contribution in [0.2, 0.25) is 0 Å². The summed E-state index contributed by atoms with van der Waals surface area (Å²) in [5, 5.41) is 0. The van der Waals surface area contributed by atoms with E-state index in [2.05, 4.69) is 0 Å². The summed E-state index contributed by atoms with van der Waals surface area (Å²) in [6.45, 7) is 4.87. The smallest absolute Gasteiger partial charge is 0.338 e. The lowest BCUT2D eigenvalue weighted by Crippen LogP contribution is -2.29. The van der Waals surface area contributed by atoms with Crippen molar-refractivity contribution in [3.05, 3.63) is 65.2 Å². The third kappa shape index (κ3) is 3.51. The molecule has 0 spiro atoms. The van der Waals surface area contributed by atoms with E-state index in [1.807, 2.05) is 0 Å². The van der Waals surface area contributed by atoms with E-state index in [-0.39, 0.29) is 29.1 Å². The number of amides is 2. The largest absolute Gasteiger partial charge is 0.454 e. The Kier molecular flexibility index (Phi) is 4.66. The maximum Gasteiger partial charge on any atom is 0.338 e. The number of carbonyl (C=O) groups excluding carboxylic acids is 4. The fraction of sp³-hybridized carbons (Fsp3) is 0.238. The van der Waals surface area contributed by atoms with Crippen LogP contribution < -0.4 is 4.90 Å². The van der Waals surface area contributed by atoms with Crippen LogP contribution in [0.1, 0.15) is 51.8 Å². The molecule has 0 bridgehead atoms. The summed E-state index contributed by atoms with van der Waals surface area (Å²) in [6, 6.07) is 12.8. The number of imide groups is 1. The number of ketones is 1. The van der Waals surface area contributed by atoms with Gasteiger partial charge >= 0.3 is 5.97 Å². The van der Waals surface area contributed by atoms with Gasteiger partial charge in [-0.15, -0.1) is 0 Å². The van der Waals surface area contributed by atoms with E-state index in [1.54, 1.807) is 51.1 Å². The summed E-state index contributed by atoms with van der Waals surface area (Å²) in [6.07, 6.45) is 0. The number of nitrogens with zero attached hydrogens (tertiary/aromatic N) is 1. The molecule has 6 nitrogen and oxygen atoms in total. The van der Waals surface area contributed by atoms with Crippen LogP contribution in [0, 0.1) is 5.41 Å². The Hall–Kier alpha value is -3.28. The van der Waals surface area contributed by atoms with Crippen molar-refractivity contribution in [3.63, 3.8) is 0 Å². The molecule has 0 saturated heterocycles. The fourth-order valence-corrected chi connectivity index (χ4v) is 2.61. The molecule has 6 heteroatoms. The fourth-order valence-electron chi connectivity index (χ4n) is 2.61. The van der Waals surface area contributed by atoms with Crippen molar-refractivity contribution in [1.29, 1.82) is 0 Å². The number of hydrogen-bond donors (Lipinski definition) is 0. The topological polar surface area (TPSA) is 80.8 Å². The molecule has 3 rings (SSSR count). The zero-order valence-electron chi connectivity index (χ0n) is 15.3. The Morgan fingerprint density at radius 3 is 2.19 bits per heavy atom. The number of Topliss-reactive ketones (excluding diaryl/α,β-unsaturated/α-hetero) is 1. The highest BCUT2D eigenvalue weighted by atomic mass is 16.5. The van der Waals surface area contributed by atoms with Crippen molar-refractivity contribution in [2.24, 2.45) is 5.41 Å². The number of rotatable bonds is 4. The zero-order chi connectivity index (χ0) is 19.8. The van der Waals surface area contributed by atoms with E-state index < -0.39 is 23.2 Å². The second-order valence-electron chi connectivity index (χ2n) is 7.29. The van der Waals surface area contributed by atoms with E-state index in [9.17, 15) is 19.2 Å². The Labute approximate surface area is 156 Å². The number of carbonyl (C=O) groups is 4. The van der Waals surface area contributed by atoms with E-state index in [0.29, 0.717) is 5.69 Å². The van der Waals surface area contributed by atoms with E-state index in [4.69, 9.17) is 4.74 Å². The predicted molar refractivity (Wildman–Crippen MR) is 98.8 cm³/mol. The first-order valence-electron chi connectivity index (χ1n) is 8.48. The third-order valence-corrected chi connectivity index (χ3v) is 4.31. The number of ether oxygens (including phenoxy) is 1. The van der Waals surface area contributed by atoms with Crippen molar-refractivity contribution in [2.45, 2.75) is 20.8 Å². The van der Waals surface area contributed by atoms with Gasteiger partial charge < -0.3 is 4.74 Å². The van der Waals surface area contributed by atoms with Crippen LogP contribution in [-0.4, -0.2) is 30.2 Å². The standard InChI is InChI=1S/C21H19NO5/c1-21(2,3)17(23)12-27-20(26)13-9-10-15-16(11-13)19(25)22(18(15)24)14-7-5-4-6-8-14/h4-11H,12H2,1-3H3. The van der Waals surface area contributed by atoms with Crippen LogP contribution in [-0.2, 0) is 9.53 Å². The summed E-state index contributed by atoms with van der Waals surface area (Å²) in [5.74, 6) is -1.86. The summed E-state index contributed by atoms with van der Waals surface area (Å²) < 4.78 is 5.05. The minimum absolute atomic E-state index is 0.117. The zero-order valence-corrected chi connectivity index (χ0v) is 15.3. The molecule has 0 radical (unpaired) electrons.